The lowest BCUT2D eigenvalue weighted by atomic mass is 10.2. The number of rotatable bonds is 5. The third kappa shape index (κ3) is 4.06. The Balaban J connectivity index is 2.11. The van der Waals surface area contributed by atoms with Crippen molar-refractivity contribution in [1.29, 1.82) is 0 Å². The first-order valence-corrected chi connectivity index (χ1v) is 7.25. The molecule has 4 nitrogen and oxygen atoms in total. The van der Waals surface area contributed by atoms with E-state index in [1.807, 2.05) is 37.3 Å². The van der Waals surface area contributed by atoms with Gasteiger partial charge in [-0.2, -0.15) is 0 Å². The summed E-state index contributed by atoms with van der Waals surface area (Å²) < 4.78 is 0.998. The van der Waals surface area contributed by atoms with Crippen LogP contribution in [0.5, 0.6) is 0 Å². The number of carbonyl (C=O) groups is 1. The van der Waals surface area contributed by atoms with E-state index in [2.05, 4.69) is 31.5 Å². The largest absolute Gasteiger partial charge is 0.355 e. The molecule has 1 heterocycles. The van der Waals surface area contributed by atoms with Crippen LogP contribution in [0.4, 0.5) is 11.4 Å². The van der Waals surface area contributed by atoms with Crippen molar-refractivity contribution in [2.45, 2.75) is 13.3 Å². The molecule has 2 N–H and O–H groups in total. The van der Waals surface area contributed by atoms with E-state index >= 15 is 0 Å². The summed E-state index contributed by atoms with van der Waals surface area (Å²) in [7, 11) is 0. The molecule has 0 saturated heterocycles. The van der Waals surface area contributed by atoms with Crippen LogP contribution in [0.15, 0.2) is 47.1 Å². The summed E-state index contributed by atoms with van der Waals surface area (Å²) in [5, 5.41) is 6.06. The highest BCUT2D eigenvalue weighted by Gasteiger charge is 2.07. The average molecular weight is 334 g/mol. The fraction of sp³-hybridized carbons (Fsp3) is 0.200. The van der Waals surface area contributed by atoms with Crippen molar-refractivity contribution in [3.63, 3.8) is 0 Å². The molecule has 0 radical (unpaired) electrons. The predicted molar refractivity (Wildman–Crippen MR) is 84.3 cm³/mol. The number of hydrogen-bond donors (Lipinski definition) is 2. The van der Waals surface area contributed by atoms with E-state index in [9.17, 15) is 4.79 Å². The van der Waals surface area contributed by atoms with Gasteiger partial charge >= 0.3 is 0 Å². The van der Waals surface area contributed by atoms with E-state index in [1.54, 1.807) is 12.3 Å². The predicted octanol–water partition coefficient (Wildman–Crippen LogP) is 3.73. The zero-order valence-corrected chi connectivity index (χ0v) is 12.8. The molecule has 1 aromatic heterocycles. The molecule has 0 spiro atoms. The number of pyridine rings is 1. The lowest BCUT2D eigenvalue weighted by Gasteiger charge is -2.08. The quantitative estimate of drug-likeness (QED) is 0.876. The number of carbonyl (C=O) groups excluding carboxylic acids is 1. The van der Waals surface area contributed by atoms with Gasteiger partial charge in [-0.1, -0.05) is 28.9 Å². The Labute approximate surface area is 126 Å². The van der Waals surface area contributed by atoms with Gasteiger partial charge in [0.25, 0.3) is 5.91 Å². The monoisotopic (exact) mass is 333 g/mol. The lowest BCUT2D eigenvalue weighted by Crippen LogP contribution is -2.24. The van der Waals surface area contributed by atoms with Crippen molar-refractivity contribution in [2.24, 2.45) is 0 Å². The van der Waals surface area contributed by atoms with Gasteiger partial charge in [0, 0.05) is 28.6 Å². The minimum absolute atomic E-state index is 0.148. The number of halogens is 1. The number of nitrogens with one attached hydrogen (secondary N) is 2. The van der Waals surface area contributed by atoms with Crippen molar-refractivity contribution in [3.8, 4) is 0 Å². The van der Waals surface area contributed by atoms with E-state index in [-0.39, 0.29) is 5.91 Å². The Bertz CT molecular complexity index is 601. The molecule has 0 fully saturated rings. The van der Waals surface area contributed by atoms with Crippen molar-refractivity contribution in [3.05, 3.63) is 52.8 Å². The molecule has 2 rings (SSSR count). The highest BCUT2D eigenvalue weighted by Crippen LogP contribution is 2.20. The topological polar surface area (TPSA) is 54.0 Å². The van der Waals surface area contributed by atoms with Crippen LogP contribution >= 0.6 is 15.9 Å². The second kappa shape index (κ2) is 7.05. The van der Waals surface area contributed by atoms with Gasteiger partial charge < -0.3 is 10.6 Å². The summed E-state index contributed by atoms with van der Waals surface area (Å²) in [6.07, 6.45) is 2.53. The van der Waals surface area contributed by atoms with Gasteiger partial charge in [0.05, 0.1) is 0 Å². The first kappa shape index (κ1) is 14.5. The van der Waals surface area contributed by atoms with Crippen LogP contribution < -0.4 is 10.6 Å². The van der Waals surface area contributed by atoms with Gasteiger partial charge in [-0.25, -0.2) is 0 Å². The summed E-state index contributed by atoms with van der Waals surface area (Å²) in [6.45, 7) is 2.67. The summed E-state index contributed by atoms with van der Waals surface area (Å²) >= 11 is 3.43. The van der Waals surface area contributed by atoms with Crippen LogP contribution in [-0.2, 0) is 0 Å². The van der Waals surface area contributed by atoms with E-state index < -0.39 is 0 Å². The maximum atomic E-state index is 11.9. The molecule has 0 aliphatic carbocycles. The van der Waals surface area contributed by atoms with Gasteiger partial charge in [-0.05, 0) is 36.8 Å². The summed E-state index contributed by atoms with van der Waals surface area (Å²) in [5.41, 5.74) is 2.20. The summed E-state index contributed by atoms with van der Waals surface area (Å²) in [6, 6.07) is 11.4. The van der Waals surface area contributed by atoms with Gasteiger partial charge in [0.2, 0.25) is 0 Å². The second-order valence-electron chi connectivity index (χ2n) is 4.32. The van der Waals surface area contributed by atoms with Gasteiger partial charge in [0.1, 0.15) is 5.69 Å². The minimum Gasteiger partial charge on any atom is -0.355 e. The minimum atomic E-state index is -0.148. The van der Waals surface area contributed by atoms with E-state index in [0.717, 1.165) is 22.3 Å². The van der Waals surface area contributed by atoms with E-state index in [1.165, 1.54) is 0 Å². The maximum absolute atomic E-state index is 11.9. The maximum Gasteiger partial charge on any atom is 0.269 e. The zero-order chi connectivity index (χ0) is 14.4. The lowest BCUT2D eigenvalue weighted by molar-refractivity contribution is 0.0949. The Morgan fingerprint density at radius 1 is 1.25 bits per heavy atom. The van der Waals surface area contributed by atoms with Crippen LogP contribution in [0, 0.1) is 0 Å². The molecule has 5 heteroatoms. The Hall–Kier alpha value is -1.88. The van der Waals surface area contributed by atoms with Crippen molar-refractivity contribution in [1.82, 2.24) is 10.3 Å². The summed E-state index contributed by atoms with van der Waals surface area (Å²) in [4.78, 5) is 15.9. The molecule has 104 valence electrons. The zero-order valence-electron chi connectivity index (χ0n) is 11.2. The molecular weight excluding hydrogens is 318 g/mol. The molecule has 20 heavy (non-hydrogen) atoms. The normalized spacial score (nSPS) is 10.1. The van der Waals surface area contributed by atoms with Crippen LogP contribution in [0.2, 0.25) is 0 Å². The highest BCUT2D eigenvalue weighted by atomic mass is 79.9. The molecule has 0 unspecified atom stereocenters. The first-order chi connectivity index (χ1) is 9.69. The number of anilines is 2. The molecule has 0 aliphatic rings. The number of benzene rings is 1. The molecule has 0 aliphatic heterocycles. The van der Waals surface area contributed by atoms with E-state index in [4.69, 9.17) is 0 Å². The Morgan fingerprint density at radius 3 is 2.80 bits per heavy atom. The van der Waals surface area contributed by atoms with Crippen LogP contribution in [0.1, 0.15) is 23.8 Å². The average Bonchev–Trinajstić information content (AvgIpc) is 2.45. The standard InChI is InChI=1S/C15H16BrN3O/c1-2-7-18-15(20)14-10-13(6-8-17-14)19-12-5-3-4-11(16)9-12/h3-6,8-10H,2,7H2,1H3,(H,17,19)(H,18,20). The van der Waals surface area contributed by atoms with Crippen LogP contribution in [-0.4, -0.2) is 17.4 Å². The fourth-order valence-electron chi connectivity index (χ4n) is 1.69. The van der Waals surface area contributed by atoms with Gasteiger partial charge in [-0.15, -0.1) is 0 Å². The molecule has 0 saturated carbocycles. The molecule has 0 atom stereocenters. The molecule has 1 aromatic carbocycles. The second-order valence-corrected chi connectivity index (χ2v) is 5.24. The first-order valence-electron chi connectivity index (χ1n) is 6.46. The van der Waals surface area contributed by atoms with Crippen molar-refractivity contribution < 1.29 is 4.79 Å². The third-order valence-electron chi connectivity index (χ3n) is 2.64. The number of nitrogens with zero attached hydrogens (tertiary/aromatic N) is 1. The Kier molecular flexibility index (Phi) is 5.12. The van der Waals surface area contributed by atoms with Crippen LogP contribution in [0.3, 0.4) is 0 Å². The molecule has 1 amide bonds. The SMILES string of the molecule is CCCNC(=O)c1cc(Nc2cccc(Br)c2)ccn1. The van der Waals surface area contributed by atoms with Gasteiger partial charge in [-0.3, -0.25) is 9.78 Å². The Morgan fingerprint density at radius 2 is 2.05 bits per heavy atom. The number of hydrogen-bond acceptors (Lipinski definition) is 3. The number of amides is 1. The molecule has 2 aromatic rings. The third-order valence-corrected chi connectivity index (χ3v) is 3.13. The smallest absolute Gasteiger partial charge is 0.269 e. The van der Waals surface area contributed by atoms with Gasteiger partial charge in [0.15, 0.2) is 0 Å². The van der Waals surface area contributed by atoms with Crippen molar-refractivity contribution in [2.75, 3.05) is 11.9 Å². The molecular formula is C15H16BrN3O. The van der Waals surface area contributed by atoms with Crippen molar-refractivity contribution >= 4 is 33.2 Å². The summed E-state index contributed by atoms with van der Waals surface area (Å²) in [5.74, 6) is -0.148. The van der Waals surface area contributed by atoms with Crippen LogP contribution in [0.25, 0.3) is 0 Å². The number of aromatic nitrogens is 1. The highest BCUT2D eigenvalue weighted by molar-refractivity contribution is 9.10. The molecule has 0 bridgehead atoms. The van der Waals surface area contributed by atoms with E-state index in [0.29, 0.717) is 12.2 Å². The fourth-order valence-corrected chi connectivity index (χ4v) is 2.09.